The number of benzene rings is 1. The summed E-state index contributed by atoms with van der Waals surface area (Å²) in [6.45, 7) is 4.34. The summed E-state index contributed by atoms with van der Waals surface area (Å²) in [5.41, 5.74) is 1.09. The summed E-state index contributed by atoms with van der Waals surface area (Å²) in [4.78, 5) is 7.41. The lowest BCUT2D eigenvalue weighted by molar-refractivity contribution is 0.284. The molecule has 5 nitrogen and oxygen atoms in total. The molecule has 2 heterocycles. The summed E-state index contributed by atoms with van der Waals surface area (Å²) in [5, 5.41) is 5.01. The van der Waals surface area contributed by atoms with Crippen molar-refractivity contribution in [2.24, 2.45) is 0 Å². The highest BCUT2D eigenvalue weighted by molar-refractivity contribution is 5.80. The maximum absolute atomic E-state index is 5.66. The molecule has 1 aromatic carbocycles. The van der Waals surface area contributed by atoms with Crippen LogP contribution in [0.15, 0.2) is 35.0 Å². The Bertz CT molecular complexity index is 685. The summed E-state index contributed by atoms with van der Waals surface area (Å²) >= 11 is 0. The van der Waals surface area contributed by atoms with Gasteiger partial charge in [0.05, 0.1) is 0 Å². The first-order valence-corrected chi connectivity index (χ1v) is 6.25. The second-order valence-electron chi connectivity index (χ2n) is 4.72. The Morgan fingerprint density at radius 1 is 1.32 bits per heavy atom. The smallest absolute Gasteiger partial charge is 0.229 e. The van der Waals surface area contributed by atoms with E-state index in [0.717, 1.165) is 16.7 Å². The lowest BCUT2D eigenvalue weighted by Gasteiger charge is -2.02. The van der Waals surface area contributed by atoms with E-state index in [1.54, 1.807) is 0 Å². The van der Waals surface area contributed by atoms with Gasteiger partial charge in [0.1, 0.15) is 5.75 Å². The molecule has 3 aromatic rings. The molecule has 5 heteroatoms. The molecule has 1 N–H and O–H groups in total. The first kappa shape index (κ1) is 11.8. The summed E-state index contributed by atoms with van der Waals surface area (Å²) in [5.74, 6) is 2.23. The van der Waals surface area contributed by atoms with Crippen molar-refractivity contribution in [2.45, 2.75) is 26.4 Å². The van der Waals surface area contributed by atoms with Crippen molar-refractivity contribution in [3.05, 3.63) is 42.2 Å². The average Bonchev–Trinajstić information content (AvgIpc) is 3.04. The van der Waals surface area contributed by atoms with Gasteiger partial charge in [-0.1, -0.05) is 19.0 Å². The zero-order chi connectivity index (χ0) is 13.2. The fraction of sp³-hybridized carbons (Fsp3) is 0.286. The van der Waals surface area contributed by atoms with Gasteiger partial charge in [-0.05, 0) is 24.3 Å². The number of fused-ring (bicyclic) bond motifs is 1. The molecule has 0 spiro atoms. The molecule has 0 amide bonds. The van der Waals surface area contributed by atoms with Gasteiger partial charge < -0.3 is 14.2 Å². The van der Waals surface area contributed by atoms with Crippen LogP contribution in [0.3, 0.4) is 0 Å². The number of hydrogen-bond donors (Lipinski definition) is 1. The largest absolute Gasteiger partial charge is 0.485 e. The van der Waals surface area contributed by atoms with Crippen LogP contribution in [-0.4, -0.2) is 15.1 Å². The number of rotatable bonds is 4. The minimum atomic E-state index is 0.234. The number of H-pyrrole nitrogens is 1. The molecule has 0 fully saturated rings. The quantitative estimate of drug-likeness (QED) is 0.779. The standard InChI is InChI=1S/C14H15N3O2/c1-9(2)14-16-13(17-19-14)8-18-11-3-4-12-10(7-11)5-6-15-12/h3-7,9,15H,8H2,1-2H3. The first-order valence-electron chi connectivity index (χ1n) is 6.25. The zero-order valence-corrected chi connectivity index (χ0v) is 10.9. The van der Waals surface area contributed by atoms with E-state index in [9.17, 15) is 0 Å². The SMILES string of the molecule is CC(C)c1nc(COc2ccc3[nH]ccc3c2)no1. The van der Waals surface area contributed by atoms with Crippen LogP contribution in [0, 0.1) is 0 Å². The van der Waals surface area contributed by atoms with E-state index in [1.165, 1.54) is 0 Å². The van der Waals surface area contributed by atoms with E-state index < -0.39 is 0 Å². The predicted octanol–water partition coefficient (Wildman–Crippen LogP) is 3.25. The van der Waals surface area contributed by atoms with E-state index in [0.29, 0.717) is 18.3 Å². The molecule has 0 bridgehead atoms. The van der Waals surface area contributed by atoms with Gasteiger partial charge in [-0.3, -0.25) is 0 Å². The van der Waals surface area contributed by atoms with Crippen LogP contribution >= 0.6 is 0 Å². The van der Waals surface area contributed by atoms with Crippen molar-refractivity contribution in [3.8, 4) is 5.75 Å². The molecule has 0 radical (unpaired) electrons. The molecule has 0 unspecified atom stereocenters. The molecule has 2 aromatic heterocycles. The Labute approximate surface area is 110 Å². The maximum Gasteiger partial charge on any atom is 0.229 e. The average molecular weight is 257 g/mol. The fourth-order valence-corrected chi connectivity index (χ4v) is 1.83. The second kappa shape index (κ2) is 4.76. The van der Waals surface area contributed by atoms with Crippen molar-refractivity contribution < 1.29 is 9.26 Å². The van der Waals surface area contributed by atoms with Gasteiger partial charge in [0.15, 0.2) is 6.61 Å². The predicted molar refractivity (Wildman–Crippen MR) is 71.0 cm³/mol. The van der Waals surface area contributed by atoms with Gasteiger partial charge in [-0.25, -0.2) is 0 Å². The van der Waals surface area contributed by atoms with Gasteiger partial charge in [-0.2, -0.15) is 4.98 Å². The number of aromatic amines is 1. The molecule has 0 saturated carbocycles. The van der Waals surface area contributed by atoms with Crippen LogP contribution in [0.5, 0.6) is 5.75 Å². The Morgan fingerprint density at radius 2 is 2.21 bits per heavy atom. The first-order chi connectivity index (χ1) is 9.22. The van der Waals surface area contributed by atoms with Crippen LogP contribution in [0.1, 0.15) is 31.5 Å². The van der Waals surface area contributed by atoms with Gasteiger partial charge in [-0.15, -0.1) is 0 Å². The third kappa shape index (κ3) is 2.45. The highest BCUT2D eigenvalue weighted by Gasteiger charge is 2.10. The number of ether oxygens (including phenoxy) is 1. The normalized spacial score (nSPS) is 11.3. The third-order valence-electron chi connectivity index (χ3n) is 2.87. The molecule has 3 rings (SSSR count). The van der Waals surface area contributed by atoms with Crippen molar-refractivity contribution in [1.82, 2.24) is 15.1 Å². The van der Waals surface area contributed by atoms with Crippen molar-refractivity contribution in [2.75, 3.05) is 0 Å². The molecule has 0 aliphatic rings. The Hall–Kier alpha value is -2.30. The van der Waals surface area contributed by atoms with Crippen LogP contribution in [0.4, 0.5) is 0 Å². The fourth-order valence-electron chi connectivity index (χ4n) is 1.83. The number of nitrogens with one attached hydrogen (secondary N) is 1. The topological polar surface area (TPSA) is 63.9 Å². The summed E-state index contributed by atoms with van der Waals surface area (Å²) in [7, 11) is 0. The van der Waals surface area contributed by atoms with E-state index in [4.69, 9.17) is 9.26 Å². The van der Waals surface area contributed by atoms with E-state index in [2.05, 4.69) is 15.1 Å². The zero-order valence-electron chi connectivity index (χ0n) is 10.9. The Kier molecular flexibility index (Phi) is 2.95. The molecule has 0 aliphatic carbocycles. The third-order valence-corrected chi connectivity index (χ3v) is 2.87. The molecule has 0 saturated heterocycles. The van der Waals surface area contributed by atoms with Crippen LogP contribution in [-0.2, 0) is 6.61 Å². The van der Waals surface area contributed by atoms with Gasteiger partial charge in [0.25, 0.3) is 0 Å². The van der Waals surface area contributed by atoms with Gasteiger partial charge in [0.2, 0.25) is 11.7 Å². The minimum absolute atomic E-state index is 0.234. The second-order valence-corrected chi connectivity index (χ2v) is 4.72. The number of nitrogens with zero attached hydrogens (tertiary/aromatic N) is 2. The number of aromatic nitrogens is 3. The highest BCUT2D eigenvalue weighted by atomic mass is 16.5. The lowest BCUT2D eigenvalue weighted by atomic mass is 10.2. The summed E-state index contributed by atoms with van der Waals surface area (Å²) < 4.78 is 10.8. The summed E-state index contributed by atoms with van der Waals surface area (Å²) in [6.07, 6.45) is 1.91. The molecule has 98 valence electrons. The van der Waals surface area contributed by atoms with Crippen LogP contribution < -0.4 is 4.74 Å². The van der Waals surface area contributed by atoms with Crippen LogP contribution in [0.25, 0.3) is 10.9 Å². The lowest BCUT2D eigenvalue weighted by Crippen LogP contribution is -1.98. The van der Waals surface area contributed by atoms with Crippen molar-refractivity contribution in [1.29, 1.82) is 0 Å². The van der Waals surface area contributed by atoms with E-state index >= 15 is 0 Å². The summed E-state index contributed by atoms with van der Waals surface area (Å²) in [6, 6.07) is 7.89. The Morgan fingerprint density at radius 3 is 3.00 bits per heavy atom. The minimum Gasteiger partial charge on any atom is -0.485 e. The van der Waals surface area contributed by atoms with Gasteiger partial charge in [0, 0.05) is 23.0 Å². The highest BCUT2D eigenvalue weighted by Crippen LogP contribution is 2.20. The molecule has 19 heavy (non-hydrogen) atoms. The maximum atomic E-state index is 5.66. The van der Waals surface area contributed by atoms with E-state index in [-0.39, 0.29) is 5.92 Å². The molecular formula is C14H15N3O2. The molecule has 0 aliphatic heterocycles. The molecular weight excluding hydrogens is 242 g/mol. The van der Waals surface area contributed by atoms with Crippen molar-refractivity contribution in [3.63, 3.8) is 0 Å². The number of hydrogen-bond acceptors (Lipinski definition) is 4. The monoisotopic (exact) mass is 257 g/mol. The van der Waals surface area contributed by atoms with E-state index in [1.807, 2.05) is 44.3 Å². The van der Waals surface area contributed by atoms with Crippen LogP contribution in [0.2, 0.25) is 0 Å². The Balaban J connectivity index is 1.70. The molecule has 0 atom stereocenters. The van der Waals surface area contributed by atoms with Gasteiger partial charge >= 0.3 is 0 Å². The van der Waals surface area contributed by atoms with Crippen molar-refractivity contribution >= 4 is 10.9 Å².